The molecule has 0 spiro atoms. The number of anilines is 1. The Labute approximate surface area is 166 Å². The number of hydrogen-bond donors (Lipinski definition) is 0. The fraction of sp³-hybridized carbons (Fsp3) is 0.227. The van der Waals surface area contributed by atoms with E-state index in [0.717, 1.165) is 29.9 Å². The Balaban J connectivity index is 1.97. The van der Waals surface area contributed by atoms with Crippen molar-refractivity contribution < 1.29 is 23.2 Å². The van der Waals surface area contributed by atoms with E-state index in [4.69, 9.17) is 0 Å². The molecule has 29 heavy (non-hydrogen) atoms. The van der Waals surface area contributed by atoms with Crippen LogP contribution in [0, 0.1) is 11.6 Å². The van der Waals surface area contributed by atoms with E-state index in [1.165, 1.54) is 19.1 Å². The number of benzene rings is 2. The van der Waals surface area contributed by atoms with Gasteiger partial charge in [-0.1, -0.05) is 24.3 Å². The molecule has 0 aromatic heterocycles. The minimum absolute atomic E-state index is 0.0105. The van der Waals surface area contributed by atoms with Gasteiger partial charge in [0.2, 0.25) is 17.5 Å². The van der Waals surface area contributed by atoms with Crippen molar-refractivity contribution in [1.29, 1.82) is 0 Å². The van der Waals surface area contributed by atoms with E-state index in [1.807, 2.05) is 0 Å². The van der Waals surface area contributed by atoms with Crippen molar-refractivity contribution in [3.8, 4) is 0 Å². The number of allylic oxidation sites excluding steroid dienone is 2. The molecule has 1 heterocycles. The summed E-state index contributed by atoms with van der Waals surface area (Å²) in [6.45, 7) is 2.36. The van der Waals surface area contributed by atoms with Crippen molar-refractivity contribution in [3.05, 3.63) is 76.6 Å². The molecule has 0 radical (unpaired) electrons. The minimum Gasteiger partial charge on any atom is -0.367 e. The number of nitrogens with zero attached hydrogens (tertiary/aromatic N) is 2. The number of halogens is 2. The van der Waals surface area contributed by atoms with Crippen molar-refractivity contribution in [2.24, 2.45) is 0 Å². The van der Waals surface area contributed by atoms with Crippen molar-refractivity contribution in [2.75, 3.05) is 18.0 Å². The van der Waals surface area contributed by atoms with Gasteiger partial charge in [-0.15, -0.1) is 0 Å². The Morgan fingerprint density at radius 2 is 1.55 bits per heavy atom. The zero-order valence-electron chi connectivity index (χ0n) is 15.7. The molecule has 1 aliphatic carbocycles. The summed E-state index contributed by atoms with van der Waals surface area (Å²) in [5.41, 5.74) is 0.463. The van der Waals surface area contributed by atoms with Crippen LogP contribution in [0.1, 0.15) is 40.5 Å². The van der Waals surface area contributed by atoms with Crippen LogP contribution in [0.3, 0.4) is 0 Å². The Kier molecular flexibility index (Phi) is 4.74. The van der Waals surface area contributed by atoms with E-state index in [1.54, 1.807) is 23.1 Å². The van der Waals surface area contributed by atoms with Crippen molar-refractivity contribution in [3.63, 3.8) is 0 Å². The molecular weight excluding hydrogens is 378 g/mol. The van der Waals surface area contributed by atoms with Crippen LogP contribution in [0.5, 0.6) is 0 Å². The molecule has 0 N–H and O–H groups in total. The third kappa shape index (κ3) is 3.12. The van der Waals surface area contributed by atoms with Gasteiger partial charge in [0.1, 0.15) is 11.4 Å². The smallest absolute Gasteiger partial charge is 0.228 e. The summed E-state index contributed by atoms with van der Waals surface area (Å²) in [6, 6.07) is 9.38. The van der Waals surface area contributed by atoms with Crippen molar-refractivity contribution >= 4 is 23.2 Å². The number of likely N-dealkylation sites (tertiary alicyclic amines) is 1. The molecule has 2 aliphatic rings. The maximum Gasteiger partial charge on any atom is 0.228 e. The van der Waals surface area contributed by atoms with Gasteiger partial charge in [0.15, 0.2) is 11.6 Å². The highest BCUT2D eigenvalue weighted by atomic mass is 19.2. The van der Waals surface area contributed by atoms with Crippen molar-refractivity contribution in [1.82, 2.24) is 4.90 Å². The third-order valence-electron chi connectivity index (χ3n) is 5.19. The van der Waals surface area contributed by atoms with Crippen LogP contribution in [0.15, 0.2) is 53.9 Å². The maximum absolute atomic E-state index is 13.9. The van der Waals surface area contributed by atoms with E-state index >= 15 is 0 Å². The quantitative estimate of drug-likeness (QED) is 0.794. The summed E-state index contributed by atoms with van der Waals surface area (Å²) in [4.78, 5) is 42.1. The Hall–Kier alpha value is -3.35. The van der Waals surface area contributed by atoms with E-state index in [-0.39, 0.29) is 34.0 Å². The fourth-order valence-electron chi connectivity index (χ4n) is 3.88. The number of carbonyl (C=O) groups is 3. The standard InChI is InChI=1S/C22H18F2N2O3/c1-13(27)26(14-8-9-17(23)18(24)12-14)20-19(25-10-4-5-11-25)21(28)15-6-2-3-7-16(15)22(20)29/h2-3,6-9,12H,4-5,10-11H2,1H3. The van der Waals surface area contributed by atoms with Crippen LogP contribution in [-0.2, 0) is 4.79 Å². The third-order valence-corrected chi connectivity index (χ3v) is 5.19. The van der Waals surface area contributed by atoms with Crippen LogP contribution in [0.4, 0.5) is 14.5 Å². The van der Waals surface area contributed by atoms with Crippen LogP contribution >= 0.6 is 0 Å². The predicted octanol–water partition coefficient (Wildman–Crippen LogP) is 3.70. The van der Waals surface area contributed by atoms with Gasteiger partial charge in [-0.25, -0.2) is 8.78 Å². The number of carbonyl (C=O) groups excluding carboxylic acids is 3. The first-order valence-corrected chi connectivity index (χ1v) is 9.33. The van der Waals surface area contributed by atoms with E-state index in [9.17, 15) is 23.2 Å². The molecule has 1 saturated heterocycles. The van der Waals surface area contributed by atoms with Gasteiger partial charge in [0.25, 0.3) is 0 Å². The average molecular weight is 396 g/mol. The lowest BCUT2D eigenvalue weighted by molar-refractivity contribution is -0.116. The lowest BCUT2D eigenvalue weighted by atomic mass is 9.89. The summed E-state index contributed by atoms with van der Waals surface area (Å²) < 4.78 is 27.3. The van der Waals surface area contributed by atoms with Gasteiger partial charge in [-0.3, -0.25) is 19.3 Å². The number of hydrogen-bond acceptors (Lipinski definition) is 4. The van der Waals surface area contributed by atoms with Gasteiger partial charge in [-0.05, 0) is 25.0 Å². The van der Waals surface area contributed by atoms with Gasteiger partial charge in [0.05, 0.1) is 5.69 Å². The Morgan fingerprint density at radius 3 is 2.14 bits per heavy atom. The highest BCUT2D eigenvalue weighted by Gasteiger charge is 2.40. The number of fused-ring (bicyclic) bond motifs is 1. The lowest BCUT2D eigenvalue weighted by Crippen LogP contribution is -2.41. The Morgan fingerprint density at radius 1 is 0.931 bits per heavy atom. The topological polar surface area (TPSA) is 57.7 Å². The first kappa shape index (κ1) is 19.0. The normalized spacial score (nSPS) is 16.3. The summed E-state index contributed by atoms with van der Waals surface area (Å²) >= 11 is 0. The van der Waals surface area contributed by atoms with Crippen LogP contribution in [0.25, 0.3) is 0 Å². The number of ketones is 2. The maximum atomic E-state index is 13.9. The first-order chi connectivity index (χ1) is 13.9. The summed E-state index contributed by atoms with van der Waals surface area (Å²) in [5, 5.41) is 0. The lowest BCUT2D eigenvalue weighted by Gasteiger charge is -2.33. The van der Waals surface area contributed by atoms with E-state index < -0.39 is 23.3 Å². The molecule has 0 bridgehead atoms. The summed E-state index contributed by atoms with van der Waals surface area (Å²) in [6.07, 6.45) is 1.70. The molecule has 148 valence electrons. The SMILES string of the molecule is CC(=O)N(C1=C(N2CCCC2)C(=O)c2ccccc2C1=O)c1ccc(F)c(F)c1. The highest BCUT2D eigenvalue weighted by molar-refractivity contribution is 6.29. The second kappa shape index (κ2) is 7.24. The molecule has 4 rings (SSSR count). The molecule has 7 heteroatoms. The molecule has 0 atom stereocenters. The monoisotopic (exact) mass is 396 g/mol. The van der Waals surface area contributed by atoms with Crippen LogP contribution in [-0.4, -0.2) is 35.5 Å². The van der Waals surface area contributed by atoms with Gasteiger partial charge < -0.3 is 4.90 Å². The zero-order valence-corrected chi connectivity index (χ0v) is 15.7. The van der Waals surface area contributed by atoms with Crippen LogP contribution in [0.2, 0.25) is 0 Å². The molecule has 1 aliphatic heterocycles. The summed E-state index contributed by atoms with van der Waals surface area (Å²) in [5.74, 6) is -3.65. The van der Waals surface area contributed by atoms with Crippen molar-refractivity contribution in [2.45, 2.75) is 19.8 Å². The van der Waals surface area contributed by atoms with Gasteiger partial charge in [-0.2, -0.15) is 0 Å². The molecule has 0 saturated carbocycles. The Bertz CT molecular complexity index is 1070. The molecule has 1 fully saturated rings. The van der Waals surface area contributed by atoms with Gasteiger partial charge >= 0.3 is 0 Å². The minimum atomic E-state index is -1.15. The fourth-order valence-corrected chi connectivity index (χ4v) is 3.88. The zero-order chi connectivity index (χ0) is 20.7. The number of rotatable bonds is 3. The summed E-state index contributed by atoms with van der Waals surface area (Å²) in [7, 11) is 0. The van der Waals surface area contributed by atoms with E-state index in [0.29, 0.717) is 13.1 Å². The molecular formula is C22H18F2N2O3. The predicted molar refractivity (Wildman–Crippen MR) is 102 cm³/mol. The second-order valence-electron chi connectivity index (χ2n) is 7.05. The molecule has 2 aromatic carbocycles. The first-order valence-electron chi connectivity index (χ1n) is 9.33. The molecule has 2 aromatic rings. The van der Waals surface area contributed by atoms with E-state index in [2.05, 4.69) is 0 Å². The molecule has 1 amide bonds. The van der Waals surface area contributed by atoms with Gasteiger partial charge in [0, 0.05) is 37.2 Å². The molecule has 0 unspecified atom stereocenters. The largest absolute Gasteiger partial charge is 0.367 e. The average Bonchev–Trinajstić information content (AvgIpc) is 3.23. The second-order valence-corrected chi connectivity index (χ2v) is 7.05. The number of amides is 1. The number of Topliss-reactive ketones (excluding diaryl/α,β-unsaturated/α-hetero) is 2. The van der Waals surface area contributed by atoms with Crippen LogP contribution < -0.4 is 4.90 Å². The molecule has 5 nitrogen and oxygen atoms in total. The highest BCUT2D eigenvalue weighted by Crippen LogP contribution is 2.35.